The fraction of sp³-hybridized carbons (Fsp3) is 0.818. The smallest absolute Gasteiger partial charge is 0.149 e. The lowest BCUT2D eigenvalue weighted by Crippen LogP contribution is -2.50. The van der Waals surface area contributed by atoms with Gasteiger partial charge in [-0.05, 0) is 25.7 Å². The Hall–Kier alpha value is -0.660. The van der Waals surface area contributed by atoms with E-state index >= 15 is 0 Å². The summed E-state index contributed by atoms with van der Waals surface area (Å²) in [6.45, 7) is 3.88. The molecule has 0 heterocycles. The Bertz CT molecular complexity index is 269. The second-order valence-corrected chi connectivity index (χ2v) is 4.80. The van der Waals surface area contributed by atoms with Crippen LogP contribution < -0.4 is 0 Å². The minimum absolute atomic E-state index is 0.177. The number of hydrogen-bond acceptors (Lipinski definition) is 2. The van der Waals surface area contributed by atoms with Crippen LogP contribution >= 0.6 is 0 Å². The van der Waals surface area contributed by atoms with Crippen LogP contribution in [0.1, 0.15) is 39.5 Å². The molecule has 2 bridgehead atoms. The van der Waals surface area contributed by atoms with Crippen molar-refractivity contribution in [2.45, 2.75) is 39.5 Å². The maximum Gasteiger partial charge on any atom is 0.149 e. The molecule has 72 valence electrons. The van der Waals surface area contributed by atoms with Crippen molar-refractivity contribution in [3.63, 3.8) is 0 Å². The van der Waals surface area contributed by atoms with Crippen LogP contribution in [-0.4, -0.2) is 11.6 Å². The number of fused-ring (bicyclic) bond motifs is 2. The first-order chi connectivity index (χ1) is 6.05. The monoisotopic (exact) mass is 180 g/mol. The van der Waals surface area contributed by atoms with Gasteiger partial charge in [0, 0.05) is 12.3 Å². The average molecular weight is 180 g/mol. The highest BCUT2D eigenvalue weighted by Crippen LogP contribution is 2.45. The molecule has 0 aromatic rings. The Morgan fingerprint density at radius 2 is 2.08 bits per heavy atom. The topological polar surface area (TPSA) is 34.1 Å². The summed E-state index contributed by atoms with van der Waals surface area (Å²) in [5.41, 5.74) is -0.602. The average Bonchev–Trinajstić information content (AvgIpc) is 2.07. The van der Waals surface area contributed by atoms with E-state index in [1.165, 1.54) is 0 Å². The normalized spacial score (nSPS) is 45.1. The van der Waals surface area contributed by atoms with E-state index in [2.05, 4.69) is 0 Å². The summed E-state index contributed by atoms with van der Waals surface area (Å²) in [4.78, 5) is 23.7. The first kappa shape index (κ1) is 8.92. The molecule has 2 nitrogen and oxygen atoms in total. The zero-order chi connectivity index (χ0) is 9.64. The molecule has 2 aliphatic rings. The highest BCUT2D eigenvalue weighted by atomic mass is 16.2. The summed E-state index contributed by atoms with van der Waals surface area (Å²) < 4.78 is 0. The van der Waals surface area contributed by atoms with Crippen molar-refractivity contribution in [2.24, 2.45) is 17.3 Å². The van der Waals surface area contributed by atoms with Crippen LogP contribution in [0.5, 0.6) is 0 Å². The summed E-state index contributed by atoms with van der Waals surface area (Å²) in [6, 6.07) is 0. The number of rotatable bonds is 0. The van der Waals surface area contributed by atoms with Gasteiger partial charge in [0.2, 0.25) is 0 Å². The van der Waals surface area contributed by atoms with E-state index in [0.29, 0.717) is 6.42 Å². The number of ketones is 2. The fourth-order valence-corrected chi connectivity index (χ4v) is 2.82. The molecule has 13 heavy (non-hydrogen) atoms. The molecule has 2 fully saturated rings. The predicted molar refractivity (Wildman–Crippen MR) is 49.2 cm³/mol. The van der Waals surface area contributed by atoms with E-state index in [9.17, 15) is 9.59 Å². The molecule has 0 aromatic carbocycles. The van der Waals surface area contributed by atoms with Crippen molar-refractivity contribution < 1.29 is 9.59 Å². The molecule has 2 aliphatic carbocycles. The molecule has 3 atom stereocenters. The van der Waals surface area contributed by atoms with Crippen LogP contribution in [-0.2, 0) is 9.59 Å². The SMILES string of the molecule is C[C@H]1CC(=O)[C@@]2(C)CCC[C@@H]1C2=O. The second kappa shape index (κ2) is 2.66. The van der Waals surface area contributed by atoms with Crippen LogP contribution in [0.2, 0.25) is 0 Å². The molecular formula is C11H16O2. The van der Waals surface area contributed by atoms with Gasteiger partial charge in [-0.25, -0.2) is 0 Å². The Morgan fingerprint density at radius 3 is 2.77 bits per heavy atom. The van der Waals surface area contributed by atoms with E-state index in [4.69, 9.17) is 0 Å². The lowest BCUT2D eigenvalue weighted by Gasteiger charge is -2.42. The van der Waals surface area contributed by atoms with Gasteiger partial charge in [0.05, 0.1) is 5.41 Å². The van der Waals surface area contributed by atoms with Crippen LogP contribution in [0.15, 0.2) is 0 Å². The van der Waals surface area contributed by atoms with Gasteiger partial charge < -0.3 is 0 Å². The van der Waals surface area contributed by atoms with Gasteiger partial charge in [-0.3, -0.25) is 9.59 Å². The summed E-state index contributed by atoms with van der Waals surface area (Å²) in [5.74, 6) is 0.869. The van der Waals surface area contributed by atoms with Crippen molar-refractivity contribution in [1.29, 1.82) is 0 Å². The van der Waals surface area contributed by atoms with E-state index in [1.54, 1.807) is 0 Å². The first-order valence-corrected chi connectivity index (χ1v) is 5.13. The molecule has 0 spiro atoms. The second-order valence-electron chi connectivity index (χ2n) is 4.80. The van der Waals surface area contributed by atoms with Gasteiger partial charge in [-0.15, -0.1) is 0 Å². The zero-order valence-corrected chi connectivity index (χ0v) is 8.30. The lowest BCUT2D eigenvalue weighted by molar-refractivity contribution is -0.152. The van der Waals surface area contributed by atoms with Crippen molar-refractivity contribution in [1.82, 2.24) is 0 Å². The molecule has 2 saturated carbocycles. The molecule has 0 radical (unpaired) electrons. The Kier molecular flexibility index (Phi) is 1.83. The number of Topliss-reactive ketones (excluding diaryl/α,β-unsaturated/α-hetero) is 2. The van der Waals surface area contributed by atoms with E-state index in [-0.39, 0.29) is 23.4 Å². The minimum Gasteiger partial charge on any atom is -0.299 e. The highest BCUT2D eigenvalue weighted by molar-refractivity contribution is 6.10. The van der Waals surface area contributed by atoms with Crippen LogP contribution in [0, 0.1) is 17.3 Å². The van der Waals surface area contributed by atoms with Gasteiger partial charge in [0.15, 0.2) is 0 Å². The summed E-state index contributed by atoms with van der Waals surface area (Å²) in [7, 11) is 0. The first-order valence-electron chi connectivity index (χ1n) is 5.13. The molecule has 0 N–H and O–H groups in total. The quantitative estimate of drug-likeness (QED) is 0.534. The van der Waals surface area contributed by atoms with E-state index in [0.717, 1.165) is 19.3 Å². The van der Waals surface area contributed by atoms with Crippen LogP contribution in [0.4, 0.5) is 0 Å². The number of carbonyl (C=O) groups excluding carboxylic acids is 2. The minimum atomic E-state index is -0.602. The van der Waals surface area contributed by atoms with Gasteiger partial charge in [0.1, 0.15) is 11.6 Å². The zero-order valence-electron chi connectivity index (χ0n) is 8.30. The third kappa shape index (κ3) is 1.07. The molecular weight excluding hydrogens is 164 g/mol. The van der Waals surface area contributed by atoms with Gasteiger partial charge in [-0.2, -0.15) is 0 Å². The van der Waals surface area contributed by atoms with Crippen LogP contribution in [0.3, 0.4) is 0 Å². The Balaban J connectivity index is 2.37. The molecule has 0 aromatic heterocycles. The van der Waals surface area contributed by atoms with Crippen LogP contribution in [0.25, 0.3) is 0 Å². The molecule has 2 rings (SSSR count). The summed E-state index contributed by atoms with van der Waals surface area (Å²) >= 11 is 0. The third-order valence-corrected chi connectivity index (χ3v) is 3.88. The maximum absolute atomic E-state index is 11.9. The predicted octanol–water partition coefficient (Wildman–Crippen LogP) is 1.97. The van der Waals surface area contributed by atoms with Crippen molar-refractivity contribution >= 4 is 11.6 Å². The van der Waals surface area contributed by atoms with Gasteiger partial charge in [0.25, 0.3) is 0 Å². The Morgan fingerprint density at radius 1 is 1.38 bits per heavy atom. The molecule has 0 aliphatic heterocycles. The molecule has 2 heteroatoms. The Labute approximate surface area is 78.7 Å². The summed E-state index contributed by atoms with van der Waals surface area (Å²) in [5, 5.41) is 0. The van der Waals surface area contributed by atoms with Gasteiger partial charge in [-0.1, -0.05) is 13.3 Å². The number of carbonyl (C=O) groups is 2. The molecule has 0 saturated heterocycles. The summed E-state index contributed by atoms with van der Waals surface area (Å²) in [6.07, 6.45) is 3.45. The van der Waals surface area contributed by atoms with Crippen molar-refractivity contribution in [2.75, 3.05) is 0 Å². The van der Waals surface area contributed by atoms with Crippen molar-refractivity contribution in [3.05, 3.63) is 0 Å². The molecule has 0 unspecified atom stereocenters. The van der Waals surface area contributed by atoms with E-state index < -0.39 is 5.41 Å². The lowest BCUT2D eigenvalue weighted by atomic mass is 9.58. The van der Waals surface area contributed by atoms with Gasteiger partial charge >= 0.3 is 0 Å². The molecule has 0 amide bonds. The largest absolute Gasteiger partial charge is 0.299 e. The number of hydrogen-bond donors (Lipinski definition) is 0. The fourth-order valence-electron chi connectivity index (χ4n) is 2.82. The van der Waals surface area contributed by atoms with Crippen molar-refractivity contribution in [3.8, 4) is 0 Å². The highest BCUT2D eigenvalue weighted by Gasteiger charge is 2.51. The van der Waals surface area contributed by atoms with E-state index in [1.807, 2.05) is 13.8 Å². The third-order valence-electron chi connectivity index (χ3n) is 3.88. The maximum atomic E-state index is 11.9. The standard InChI is InChI=1S/C11H16O2/c1-7-6-9(12)11(2)5-3-4-8(7)10(11)13/h7-8H,3-6H2,1-2H3/t7-,8-,11+/m0/s1.